The number of carbonyl (C=O) groups is 1. The van der Waals surface area contributed by atoms with Crippen LogP contribution in [0.4, 0.5) is 5.82 Å². The van der Waals surface area contributed by atoms with Crippen molar-refractivity contribution in [3.63, 3.8) is 0 Å². The van der Waals surface area contributed by atoms with Crippen LogP contribution in [0.5, 0.6) is 0 Å². The molecule has 0 saturated carbocycles. The van der Waals surface area contributed by atoms with Crippen LogP contribution in [0.1, 0.15) is 16.8 Å². The number of likely N-dealkylation sites (N-methyl/N-ethyl adjacent to an activating group) is 1. The van der Waals surface area contributed by atoms with Crippen molar-refractivity contribution in [1.82, 2.24) is 9.88 Å². The predicted octanol–water partition coefficient (Wildman–Crippen LogP) is 0.611. The molecule has 2 N–H and O–H groups in total. The van der Waals surface area contributed by atoms with Gasteiger partial charge in [0.2, 0.25) is 5.91 Å². The summed E-state index contributed by atoms with van der Waals surface area (Å²) in [6.07, 6.45) is 0. The second-order valence-electron chi connectivity index (χ2n) is 4.88. The lowest BCUT2D eigenvalue weighted by molar-refractivity contribution is -0.129. The molecule has 1 aliphatic rings. The van der Waals surface area contributed by atoms with E-state index in [0.717, 1.165) is 29.2 Å². The third-order valence-corrected chi connectivity index (χ3v) is 3.53. The second kappa shape index (κ2) is 5.13. The summed E-state index contributed by atoms with van der Waals surface area (Å²) in [5.74, 6) is 0.813. The van der Waals surface area contributed by atoms with E-state index in [-0.39, 0.29) is 5.91 Å². The van der Waals surface area contributed by atoms with Crippen molar-refractivity contribution in [3.05, 3.63) is 22.9 Å². The van der Waals surface area contributed by atoms with Crippen molar-refractivity contribution in [3.8, 4) is 0 Å². The number of hydrogen-bond acceptors (Lipinski definition) is 4. The molecule has 1 fully saturated rings. The maximum atomic E-state index is 11.8. The number of nitrogens with two attached hydrogens (primary N) is 1. The highest BCUT2D eigenvalue weighted by atomic mass is 32.1. The summed E-state index contributed by atoms with van der Waals surface area (Å²) in [5.41, 5.74) is 8.48. The van der Waals surface area contributed by atoms with E-state index in [1.807, 2.05) is 31.9 Å². The van der Waals surface area contributed by atoms with Gasteiger partial charge in [-0.1, -0.05) is 12.2 Å². The van der Waals surface area contributed by atoms with Gasteiger partial charge in [-0.05, 0) is 25.5 Å². The van der Waals surface area contributed by atoms with Gasteiger partial charge in [-0.2, -0.15) is 0 Å². The van der Waals surface area contributed by atoms with E-state index in [1.165, 1.54) is 0 Å². The van der Waals surface area contributed by atoms with Gasteiger partial charge < -0.3 is 15.5 Å². The van der Waals surface area contributed by atoms with Crippen molar-refractivity contribution in [2.75, 3.05) is 31.6 Å². The minimum atomic E-state index is 0.0844. The summed E-state index contributed by atoms with van der Waals surface area (Å²) < 4.78 is 0. The van der Waals surface area contributed by atoms with E-state index < -0.39 is 0 Å². The van der Waals surface area contributed by atoms with Gasteiger partial charge in [0.15, 0.2) is 0 Å². The van der Waals surface area contributed by atoms with E-state index in [1.54, 1.807) is 4.90 Å². The van der Waals surface area contributed by atoms with Gasteiger partial charge in [0.05, 0.1) is 12.1 Å². The molecule has 2 heterocycles. The van der Waals surface area contributed by atoms with Crippen LogP contribution in [0, 0.1) is 13.8 Å². The van der Waals surface area contributed by atoms with Gasteiger partial charge in [0, 0.05) is 25.8 Å². The highest BCUT2D eigenvalue weighted by Crippen LogP contribution is 2.23. The maximum absolute atomic E-state index is 11.8. The quantitative estimate of drug-likeness (QED) is 0.803. The number of aryl methyl sites for hydroxylation is 2. The zero-order chi connectivity index (χ0) is 14.2. The van der Waals surface area contributed by atoms with Crippen LogP contribution in [0.2, 0.25) is 0 Å². The Morgan fingerprint density at radius 2 is 2.11 bits per heavy atom. The van der Waals surface area contributed by atoms with Crippen LogP contribution >= 0.6 is 12.2 Å². The summed E-state index contributed by atoms with van der Waals surface area (Å²) in [6, 6.07) is 1.95. The van der Waals surface area contributed by atoms with Gasteiger partial charge in [0.25, 0.3) is 0 Å². The molecule has 0 aliphatic carbocycles. The average molecular weight is 278 g/mol. The Morgan fingerprint density at radius 1 is 1.42 bits per heavy atom. The first-order valence-electron chi connectivity index (χ1n) is 6.17. The molecule has 0 aromatic carbocycles. The van der Waals surface area contributed by atoms with Gasteiger partial charge >= 0.3 is 0 Å². The van der Waals surface area contributed by atoms with E-state index in [4.69, 9.17) is 18.0 Å². The number of thiocarbonyl (C=S) groups is 1. The fourth-order valence-corrected chi connectivity index (χ4v) is 2.54. The molecular weight excluding hydrogens is 260 g/mol. The summed E-state index contributed by atoms with van der Waals surface area (Å²) in [7, 11) is 1.81. The molecule has 0 spiro atoms. The van der Waals surface area contributed by atoms with Crippen LogP contribution in [-0.2, 0) is 4.79 Å². The van der Waals surface area contributed by atoms with Crippen LogP contribution < -0.4 is 10.6 Å². The SMILES string of the molecule is Cc1cc(C)c(C(N)=S)c(N2CCN(C)C(=O)C2)n1. The lowest BCUT2D eigenvalue weighted by atomic mass is 10.1. The molecule has 0 unspecified atom stereocenters. The number of amides is 1. The van der Waals surface area contributed by atoms with Gasteiger partial charge in [-0.25, -0.2) is 4.98 Å². The van der Waals surface area contributed by atoms with Crippen molar-refractivity contribution in [2.45, 2.75) is 13.8 Å². The number of piperazine rings is 1. The molecule has 19 heavy (non-hydrogen) atoms. The van der Waals surface area contributed by atoms with E-state index in [9.17, 15) is 4.79 Å². The highest BCUT2D eigenvalue weighted by Gasteiger charge is 2.25. The third kappa shape index (κ3) is 2.68. The molecule has 0 radical (unpaired) electrons. The lowest BCUT2D eigenvalue weighted by Crippen LogP contribution is -2.49. The Morgan fingerprint density at radius 3 is 2.68 bits per heavy atom. The molecule has 0 bridgehead atoms. The molecule has 5 nitrogen and oxygen atoms in total. The molecule has 6 heteroatoms. The van der Waals surface area contributed by atoms with Crippen LogP contribution in [0.15, 0.2) is 6.07 Å². The summed E-state index contributed by atoms with van der Waals surface area (Å²) in [6.45, 7) is 5.64. The topological polar surface area (TPSA) is 62.5 Å². The first-order chi connectivity index (χ1) is 8.90. The average Bonchev–Trinajstić information content (AvgIpc) is 2.31. The first kappa shape index (κ1) is 13.7. The number of hydrogen-bond donors (Lipinski definition) is 1. The molecule has 1 aromatic heterocycles. The van der Waals surface area contributed by atoms with Crippen molar-refractivity contribution >= 4 is 28.9 Å². The minimum Gasteiger partial charge on any atom is -0.389 e. The number of carbonyl (C=O) groups excluding carboxylic acids is 1. The van der Waals surface area contributed by atoms with Gasteiger partial charge in [-0.3, -0.25) is 4.79 Å². The molecular formula is C13H18N4OS. The predicted molar refractivity (Wildman–Crippen MR) is 79.4 cm³/mol. The number of pyridine rings is 1. The number of anilines is 1. The summed E-state index contributed by atoms with van der Waals surface area (Å²) in [4.78, 5) is 20.3. The largest absolute Gasteiger partial charge is 0.389 e. The molecule has 1 aliphatic heterocycles. The Hall–Kier alpha value is -1.69. The zero-order valence-corrected chi connectivity index (χ0v) is 12.3. The monoisotopic (exact) mass is 278 g/mol. The van der Waals surface area contributed by atoms with Crippen molar-refractivity contribution < 1.29 is 4.79 Å². The normalized spacial score (nSPS) is 15.8. The van der Waals surface area contributed by atoms with Crippen molar-refractivity contribution in [1.29, 1.82) is 0 Å². The molecule has 1 amide bonds. The zero-order valence-electron chi connectivity index (χ0n) is 11.4. The van der Waals surface area contributed by atoms with Crippen LogP contribution in [0.3, 0.4) is 0 Å². The highest BCUT2D eigenvalue weighted by molar-refractivity contribution is 7.80. The van der Waals surface area contributed by atoms with Gasteiger partial charge in [-0.15, -0.1) is 0 Å². The second-order valence-corrected chi connectivity index (χ2v) is 5.32. The fourth-order valence-electron chi connectivity index (χ4n) is 2.29. The summed E-state index contributed by atoms with van der Waals surface area (Å²) in [5, 5.41) is 0. The first-order valence-corrected chi connectivity index (χ1v) is 6.58. The smallest absolute Gasteiger partial charge is 0.241 e. The lowest BCUT2D eigenvalue weighted by Gasteiger charge is -2.34. The standard InChI is InChI=1S/C13H18N4OS/c1-8-6-9(2)15-13(11(8)12(14)19)17-5-4-16(3)10(18)7-17/h6H,4-5,7H2,1-3H3,(H2,14,19). The Labute approximate surface area is 118 Å². The fraction of sp³-hybridized carbons (Fsp3) is 0.462. The maximum Gasteiger partial charge on any atom is 0.241 e. The molecule has 102 valence electrons. The number of aromatic nitrogens is 1. The molecule has 0 atom stereocenters. The summed E-state index contributed by atoms with van der Waals surface area (Å²) >= 11 is 5.12. The third-order valence-electron chi connectivity index (χ3n) is 3.33. The van der Waals surface area contributed by atoms with E-state index in [0.29, 0.717) is 18.1 Å². The van der Waals surface area contributed by atoms with E-state index >= 15 is 0 Å². The number of nitrogens with zero attached hydrogens (tertiary/aromatic N) is 3. The van der Waals surface area contributed by atoms with Crippen molar-refractivity contribution in [2.24, 2.45) is 5.73 Å². The Balaban J connectivity index is 2.44. The molecule has 2 rings (SSSR count). The number of rotatable bonds is 2. The molecule has 1 saturated heterocycles. The Kier molecular flexibility index (Phi) is 3.71. The minimum absolute atomic E-state index is 0.0844. The molecule has 1 aromatic rings. The van der Waals surface area contributed by atoms with E-state index in [2.05, 4.69) is 4.98 Å². The van der Waals surface area contributed by atoms with Crippen LogP contribution in [-0.4, -0.2) is 47.5 Å². The van der Waals surface area contributed by atoms with Gasteiger partial charge in [0.1, 0.15) is 10.8 Å². The van der Waals surface area contributed by atoms with Crippen LogP contribution in [0.25, 0.3) is 0 Å². The Bertz CT molecular complexity index is 544.